The van der Waals surface area contributed by atoms with Crippen molar-refractivity contribution in [3.8, 4) is 5.75 Å². The van der Waals surface area contributed by atoms with Crippen molar-refractivity contribution in [3.63, 3.8) is 0 Å². The number of methoxy groups -OCH3 is 1. The van der Waals surface area contributed by atoms with Crippen LogP contribution in [0.1, 0.15) is 5.56 Å². The summed E-state index contributed by atoms with van der Waals surface area (Å²) in [4.78, 5) is 14.0. The Kier molecular flexibility index (Phi) is 4.38. The highest BCUT2D eigenvalue weighted by atomic mass is 16.5. The van der Waals surface area contributed by atoms with E-state index in [1.54, 1.807) is 7.11 Å². The van der Waals surface area contributed by atoms with Crippen LogP contribution >= 0.6 is 0 Å². The molecule has 4 nitrogen and oxygen atoms in total. The van der Waals surface area contributed by atoms with Crippen LogP contribution in [0.15, 0.2) is 88.1 Å². The van der Waals surface area contributed by atoms with Gasteiger partial charge in [0.1, 0.15) is 11.3 Å². The van der Waals surface area contributed by atoms with Crippen molar-refractivity contribution < 1.29 is 9.15 Å². The van der Waals surface area contributed by atoms with E-state index in [9.17, 15) is 4.79 Å². The monoisotopic (exact) mass is 357 g/mol. The van der Waals surface area contributed by atoms with Gasteiger partial charge in [-0.15, -0.1) is 0 Å². The number of rotatable bonds is 4. The zero-order valence-electron chi connectivity index (χ0n) is 15.2. The van der Waals surface area contributed by atoms with E-state index in [0.29, 0.717) is 11.3 Å². The average molecular weight is 357 g/mol. The van der Waals surface area contributed by atoms with E-state index in [2.05, 4.69) is 36.1 Å². The van der Waals surface area contributed by atoms with Crippen LogP contribution in [-0.4, -0.2) is 7.11 Å². The molecule has 27 heavy (non-hydrogen) atoms. The molecule has 4 heteroatoms. The lowest BCUT2D eigenvalue weighted by Gasteiger charge is -2.27. The number of anilines is 3. The van der Waals surface area contributed by atoms with Crippen LogP contribution in [-0.2, 0) is 0 Å². The first-order valence-corrected chi connectivity index (χ1v) is 8.70. The Morgan fingerprint density at radius 1 is 0.852 bits per heavy atom. The van der Waals surface area contributed by atoms with Gasteiger partial charge >= 0.3 is 5.63 Å². The minimum Gasteiger partial charge on any atom is -0.496 e. The Balaban J connectivity index is 1.96. The SMILES string of the molecule is COc1cc(=O)oc2cc(N(c3ccccc3)c3ccccc3C)ccc12. The van der Waals surface area contributed by atoms with E-state index in [0.717, 1.165) is 28.0 Å². The number of hydrogen-bond donors (Lipinski definition) is 0. The largest absolute Gasteiger partial charge is 0.496 e. The summed E-state index contributed by atoms with van der Waals surface area (Å²) < 4.78 is 10.8. The predicted octanol–water partition coefficient (Wildman–Crippen LogP) is 5.58. The summed E-state index contributed by atoms with van der Waals surface area (Å²) in [5.74, 6) is 0.509. The molecule has 1 aromatic heterocycles. The summed E-state index contributed by atoms with van der Waals surface area (Å²) >= 11 is 0. The molecule has 4 aromatic rings. The highest BCUT2D eigenvalue weighted by Crippen LogP contribution is 2.38. The summed E-state index contributed by atoms with van der Waals surface area (Å²) in [5.41, 5.74) is 4.20. The molecule has 134 valence electrons. The summed E-state index contributed by atoms with van der Waals surface area (Å²) in [6.45, 7) is 2.08. The zero-order valence-corrected chi connectivity index (χ0v) is 15.2. The standard InChI is InChI=1S/C23H19NO3/c1-16-8-6-7-11-20(16)24(17-9-4-3-5-10-17)18-12-13-19-21(26-2)15-23(25)27-22(19)14-18/h3-15H,1-2H3. The molecule has 0 aliphatic heterocycles. The van der Waals surface area contributed by atoms with Gasteiger partial charge in [0.05, 0.1) is 18.6 Å². The number of benzene rings is 3. The van der Waals surface area contributed by atoms with Gasteiger partial charge in [-0.2, -0.15) is 0 Å². The zero-order chi connectivity index (χ0) is 18.8. The molecular formula is C23H19NO3. The lowest BCUT2D eigenvalue weighted by atomic mass is 10.1. The van der Waals surface area contributed by atoms with Crippen molar-refractivity contribution in [1.82, 2.24) is 0 Å². The smallest absolute Gasteiger partial charge is 0.339 e. The first-order chi connectivity index (χ1) is 13.2. The number of para-hydroxylation sites is 2. The molecule has 0 saturated heterocycles. The maximum atomic E-state index is 11.9. The van der Waals surface area contributed by atoms with Gasteiger partial charge in [-0.3, -0.25) is 0 Å². The van der Waals surface area contributed by atoms with E-state index >= 15 is 0 Å². The second-order valence-electron chi connectivity index (χ2n) is 6.27. The Hall–Kier alpha value is -3.53. The van der Waals surface area contributed by atoms with Crippen LogP contribution in [0.2, 0.25) is 0 Å². The quantitative estimate of drug-likeness (QED) is 0.447. The number of ether oxygens (including phenoxy) is 1. The van der Waals surface area contributed by atoms with E-state index in [4.69, 9.17) is 9.15 Å². The molecule has 0 spiro atoms. The fourth-order valence-electron chi connectivity index (χ4n) is 3.25. The molecule has 4 rings (SSSR count). The van der Waals surface area contributed by atoms with Crippen LogP contribution in [0.4, 0.5) is 17.1 Å². The molecule has 1 heterocycles. The summed E-state index contributed by atoms with van der Waals surface area (Å²) in [6.07, 6.45) is 0. The second-order valence-corrected chi connectivity index (χ2v) is 6.27. The van der Waals surface area contributed by atoms with Gasteiger partial charge in [0.25, 0.3) is 0 Å². The number of hydrogen-bond acceptors (Lipinski definition) is 4. The van der Waals surface area contributed by atoms with Gasteiger partial charge in [0.15, 0.2) is 0 Å². The van der Waals surface area contributed by atoms with E-state index in [-0.39, 0.29) is 0 Å². The highest BCUT2D eigenvalue weighted by Gasteiger charge is 2.16. The van der Waals surface area contributed by atoms with Gasteiger partial charge in [-0.25, -0.2) is 4.79 Å². The van der Waals surface area contributed by atoms with Gasteiger partial charge in [-0.05, 0) is 42.8 Å². The van der Waals surface area contributed by atoms with Crippen molar-refractivity contribution in [1.29, 1.82) is 0 Å². The number of aryl methyl sites for hydroxylation is 1. The van der Waals surface area contributed by atoms with Crippen molar-refractivity contribution in [2.45, 2.75) is 6.92 Å². The van der Waals surface area contributed by atoms with Crippen molar-refractivity contribution >= 4 is 28.0 Å². The topological polar surface area (TPSA) is 42.7 Å². The average Bonchev–Trinajstić information content (AvgIpc) is 2.69. The third kappa shape index (κ3) is 3.17. The van der Waals surface area contributed by atoms with Gasteiger partial charge in [-0.1, -0.05) is 36.4 Å². The lowest BCUT2D eigenvalue weighted by Crippen LogP contribution is -2.11. The molecule has 0 N–H and O–H groups in total. The lowest BCUT2D eigenvalue weighted by molar-refractivity contribution is 0.413. The van der Waals surface area contributed by atoms with Crippen LogP contribution in [0.3, 0.4) is 0 Å². The summed E-state index contributed by atoms with van der Waals surface area (Å²) in [6, 6.07) is 25.5. The minimum atomic E-state index is -0.432. The molecule has 0 aliphatic rings. The van der Waals surface area contributed by atoms with Crippen LogP contribution < -0.4 is 15.3 Å². The van der Waals surface area contributed by atoms with Gasteiger partial charge < -0.3 is 14.1 Å². The Bertz CT molecular complexity index is 1150. The molecule has 0 bridgehead atoms. The van der Waals surface area contributed by atoms with Crippen LogP contribution in [0.25, 0.3) is 11.0 Å². The van der Waals surface area contributed by atoms with Crippen molar-refractivity contribution in [2.24, 2.45) is 0 Å². The molecule has 3 aromatic carbocycles. The van der Waals surface area contributed by atoms with Crippen LogP contribution in [0, 0.1) is 6.92 Å². The molecule has 0 atom stereocenters. The van der Waals surface area contributed by atoms with Crippen LogP contribution in [0.5, 0.6) is 5.75 Å². The van der Waals surface area contributed by atoms with Gasteiger partial charge in [0, 0.05) is 23.1 Å². The van der Waals surface area contributed by atoms with E-state index in [1.807, 2.05) is 48.5 Å². The van der Waals surface area contributed by atoms with E-state index in [1.165, 1.54) is 6.07 Å². The number of nitrogens with zero attached hydrogens (tertiary/aromatic N) is 1. The molecule has 0 radical (unpaired) electrons. The maximum Gasteiger partial charge on any atom is 0.339 e. The third-order valence-electron chi connectivity index (χ3n) is 4.54. The van der Waals surface area contributed by atoms with Gasteiger partial charge in [0.2, 0.25) is 0 Å². The van der Waals surface area contributed by atoms with E-state index < -0.39 is 5.63 Å². The second kappa shape index (κ2) is 7.00. The third-order valence-corrected chi connectivity index (χ3v) is 4.54. The number of fused-ring (bicyclic) bond motifs is 1. The summed E-state index contributed by atoms with van der Waals surface area (Å²) in [5, 5.41) is 0.763. The first-order valence-electron chi connectivity index (χ1n) is 8.70. The first kappa shape index (κ1) is 16.9. The molecular weight excluding hydrogens is 338 g/mol. The van der Waals surface area contributed by atoms with Crippen molar-refractivity contribution in [3.05, 3.63) is 94.8 Å². The maximum absolute atomic E-state index is 11.9. The molecule has 0 amide bonds. The fraction of sp³-hybridized carbons (Fsp3) is 0.0870. The molecule has 0 saturated carbocycles. The molecule has 0 unspecified atom stereocenters. The van der Waals surface area contributed by atoms with Crippen molar-refractivity contribution in [2.75, 3.05) is 12.0 Å². The summed E-state index contributed by atoms with van der Waals surface area (Å²) in [7, 11) is 1.55. The Morgan fingerprint density at radius 2 is 1.59 bits per heavy atom. The molecule has 0 aliphatic carbocycles. The molecule has 0 fully saturated rings. The fourth-order valence-corrected chi connectivity index (χ4v) is 3.25. The normalized spacial score (nSPS) is 10.7. The Morgan fingerprint density at radius 3 is 2.33 bits per heavy atom. The highest BCUT2D eigenvalue weighted by molar-refractivity contribution is 5.89. The predicted molar refractivity (Wildman–Crippen MR) is 108 cm³/mol. The minimum absolute atomic E-state index is 0.432. The Labute approximate surface area is 157 Å².